The molecule has 2 atom stereocenters. The van der Waals surface area contributed by atoms with Crippen LogP contribution in [0.4, 0.5) is 4.39 Å². The fourth-order valence-corrected chi connectivity index (χ4v) is 5.13. The van der Waals surface area contributed by atoms with Crippen LogP contribution in [-0.4, -0.2) is 53.9 Å². The third-order valence-corrected chi connectivity index (χ3v) is 7.06. The van der Waals surface area contributed by atoms with E-state index in [0.717, 1.165) is 57.8 Å². The van der Waals surface area contributed by atoms with Gasteiger partial charge in [-0.2, -0.15) is 0 Å². The predicted molar refractivity (Wildman–Crippen MR) is 131 cm³/mol. The number of amides is 2. The lowest BCUT2D eigenvalue weighted by atomic mass is 9.90. The zero-order valence-corrected chi connectivity index (χ0v) is 20.0. The molecule has 1 heterocycles. The molecule has 5 nitrogen and oxygen atoms in total. The Labute approximate surface area is 201 Å². The van der Waals surface area contributed by atoms with Gasteiger partial charge in [0.2, 0.25) is 0 Å². The third kappa shape index (κ3) is 5.78. The number of carbonyl (C=O) groups is 2. The van der Waals surface area contributed by atoms with Crippen molar-refractivity contribution in [2.24, 2.45) is 0 Å². The molecular weight excluding hydrogens is 431 g/mol. The maximum absolute atomic E-state index is 13.6. The average molecular weight is 467 g/mol. The van der Waals surface area contributed by atoms with E-state index in [0.29, 0.717) is 30.0 Å². The maximum atomic E-state index is 13.6. The summed E-state index contributed by atoms with van der Waals surface area (Å²) in [5.74, 6) is 0.130. The first kappa shape index (κ1) is 24.2. The summed E-state index contributed by atoms with van der Waals surface area (Å²) >= 11 is 0. The van der Waals surface area contributed by atoms with E-state index in [1.165, 1.54) is 12.1 Å². The highest BCUT2D eigenvalue weighted by Gasteiger charge is 2.35. The van der Waals surface area contributed by atoms with Crippen molar-refractivity contribution in [1.29, 1.82) is 0 Å². The van der Waals surface area contributed by atoms with E-state index in [1.807, 2.05) is 36.2 Å². The van der Waals surface area contributed by atoms with Crippen LogP contribution in [0.1, 0.15) is 78.5 Å². The number of para-hydroxylation sites is 1. The van der Waals surface area contributed by atoms with Gasteiger partial charge in [-0.3, -0.25) is 9.59 Å². The zero-order valence-electron chi connectivity index (χ0n) is 20.0. The summed E-state index contributed by atoms with van der Waals surface area (Å²) in [7, 11) is 1.85. The highest BCUT2D eigenvalue weighted by molar-refractivity contribution is 5.97. The van der Waals surface area contributed by atoms with E-state index in [2.05, 4.69) is 0 Å². The molecule has 182 valence electrons. The monoisotopic (exact) mass is 466 g/mol. The summed E-state index contributed by atoms with van der Waals surface area (Å²) in [5, 5.41) is 0. The summed E-state index contributed by atoms with van der Waals surface area (Å²) < 4.78 is 20.0. The third-order valence-electron chi connectivity index (χ3n) is 7.06. The van der Waals surface area contributed by atoms with Crippen LogP contribution in [0.15, 0.2) is 48.5 Å². The topological polar surface area (TPSA) is 49.9 Å². The summed E-state index contributed by atoms with van der Waals surface area (Å²) in [6, 6.07) is 13.2. The molecule has 0 aromatic heterocycles. The van der Waals surface area contributed by atoms with Crippen LogP contribution in [0.3, 0.4) is 0 Å². The van der Waals surface area contributed by atoms with E-state index in [4.69, 9.17) is 4.74 Å². The van der Waals surface area contributed by atoms with Gasteiger partial charge in [-0.15, -0.1) is 0 Å². The minimum absolute atomic E-state index is 0.0305. The van der Waals surface area contributed by atoms with Crippen molar-refractivity contribution in [2.45, 2.75) is 69.9 Å². The van der Waals surface area contributed by atoms with Crippen molar-refractivity contribution in [1.82, 2.24) is 9.80 Å². The average Bonchev–Trinajstić information content (AvgIpc) is 2.86. The number of halogens is 1. The molecule has 0 radical (unpaired) electrons. The second-order valence-corrected chi connectivity index (χ2v) is 9.50. The number of rotatable bonds is 1. The highest BCUT2D eigenvalue weighted by Crippen LogP contribution is 2.31. The highest BCUT2D eigenvalue weighted by atomic mass is 19.1. The predicted octanol–water partition coefficient (Wildman–Crippen LogP) is 5.69. The van der Waals surface area contributed by atoms with Gasteiger partial charge in [-0.1, -0.05) is 37.8 Å². The lowest BCUT2D eigenvalue weighted by Crippen LogP contribution is -2.51. The molecule has 2 aromatic rings. The van der Waals surface area contributed by atoms with Crippen LogP contribution in [-0.2, 0) is 0 Å². The van der Waals surface area contributed by atoms with Crippen LogP contribution in [0.2, 0.25) is 0 Å². The van der Waals surface area contributed by atoms with Crippen molar-refractivity contribution in [3.05, 3.63) is 65.5 Å². The minimum Gasteiger partial charge on any atom is -0.487 e. The molecule has 0 bridgehead atoms. The van der Waals surface area contributed by atoms with Crippen molar-refractivity contribution in [2.75, 3.05) is 20.1 Å². The van der Waals surface area contributed by atoms with E-state index in [1.54, 1.807) is 17.0 Å². The van der Waals surface area contributed by atoms with Crippen molar-refractivity contribution < 1.29 is 18.7 Å². The van der Waals surface area contributed by atoms with Gasteiger partial charge in [-0.05, 0) is 68.5 Å². The fraction of sp³-hybridized carbons (Fsp3) is 0.500. The largest absolute Gasteiger partial charge is 0.487 e. The number of hydrogen-bond acceptors (Lipinski definition) is 3. The Bertz CT molecular complexity index is 978. The molecule has 6 heteroatoms. The Balaban J connectivity index is 1.66. The minimum atomic E-state index is -0.348. The molecule has 0 N–H and O–H groups in total. The van der Waals surface area contributed by atoms with Crippen LogP contribution in [0, 0.1) is 5.82 Å². The second kappa shape index (κ2) is 11.5. The molecule has 2 aliphatic rings. The lowest BCUT2D eigenvalue weighted by Gasteiger charge is -2.40. The van der Waals surface area contributed by atoms with Crippen LogP contribution in [0.25, 0.3) is 0 Å². The SMILES string of the molecule is CN1CCCCCCCN(C(=O)c2ccc(F)cc2)[C@@H]2CCCC[C@@H]2Oc2ccccc2C1=O. The Morgan fingerprint density at radius 3 is 2.35 bits per heavy atom. The van der Waals surface area contributed by atoms with Crippen molar-refractivity contribution in [3.8, 4) is 5.75 Å². The molecular formula is C28H35FN2O3. The van der Waals surface area contributed by atoms with E-state index in [-0.39, 0.29) is 29.8 Å². The molecule has 4 rings (SSSR count). The summed E-state index contributed by atoms with van der Waals surface area (Å²) in [6.07, 6.45) is 8.57. The number of ether oxygens (including phenoxy) is 1. The van der Waals surface area contributed by atoms with Gasteiger partial charge in [0.05, 0.1) is 11.6 Å². The lowest BCUT2D eigenvalue weighted by molar-refractivity contribution is 0.0270. The first-order valence-electron chi connectivity index (χ1n) is 12.6. The van der Waals surface area contributed by atoms with Gasteiger partial charge >= 0.3 is 0 Å². The Kier molecular flexibility index (Phi) is 8.20. The zero-order chi connectivity index (χ0) is 23.9. The van der Waals surface area contributed by atoms with E-state index < -0.39 is 0 Å². The van der Waals surface area contributed by atoms with Gasteiger partial charge < -0.3 is 14.5 Å². The van der Waals surface area contributed by atoms with Gasteiger partial charge in [0.1, 0.15) is 17.7 Å². The van der Waals surface area contributed by atoms with Gasteiger partial charge in [0, 0.05) is 25.7 Å². The molecule has 0 saturated heterocycles. The first-order valence-corrected chi connectivity index (χ1v) is 12.6. The molecule has 1 aliphatic heterocycles. The van der Waals surface area contributed by atoms with Crippen LogP contribution >= 0.6 is 0 Å². The molecule has 0 spiro atoms. The summed E-state index contributed by atoms with van der Waals surface area (Å²) in [5.41, 5.74) is 1.07. The second-order valence-electron chi connectivity index (χ2n) is 9.50. The first-order chi connectivity index (χ1) is 16.5. The van der Waals surface area contributed by atoms with Gasteiger partial charge in [0.15, 0.2) is 0 Å². The maximum Gasteiger partial charge on any atom is 0.257 e. The Morgan fingerprint density at radius 1 is 0.882 bits per heavy atom. The smallest absolute Gasteiger partial charge is 0.257 e. The van der Waals surface area contributed by atoms with E-state index in [9.17, 15) is 14.0 Å². The molecule has 0 unspecified atom stereocenters. The van der Waals surface area contributed by atoms with E-state index >= 15 is 0 Å². The van der Waals surface area contributed by atoms with Crippen molar-refractivity contribution in [3.63, 3.8) is 0 Å². The quantitative estimate of drug-likeness (QED) is 0.542. The molecule has 2 aromatic carbocycles. The number of nitrogens with zero attached hydrogens (tertiary/aromatic N) is 2. The normalized spacial score (nSPS) is 22.6. The van der Waals surface area contributed by atoms with Gasteiger partial charge in [-0.25, -0.2) is 4.39 Å². The van der Waals surface area contributed by atoms with Crippen LogP contribution in [0.5, 0.6) is 5.75 Å². The number of hydrogen-bond donors (Lipinski definition) is 0. The molecule has 1 saturated carbocycles. The summed E-state index contributed by atoms with van der Waals surface area (Å²) in [6.45, 7) is 1.37. The molecule has 1 aliphatic carbocycles. The Hall–Kier alpha value is -2.89. The summed E-state index contributed by atoms with van der Waals surface area (Å²) in [4.78, 5) is 30.5. The Morgan fingerprint density at radius 2 is 1.56 bits per heavy atom. The van der Waals surface area contributed by atoms with Crippen molar-refractivity contribution >= 4 is 11.8 Å². The molecule has 1 fully saturated rings. The molecule has 2 amide bonds. The standard InChI is InChI=1S/C28H35FN2O3/c1-30-19-9-3-2-4-10-20-31(27(32)21-15-17-22(29)18-16-21)24-12-6-8-14-26(24)34-25-13-7-5-11-23(25)28(30)33/h5,7,11,13,15-18,24,26H,2-4,6,8-10,12,14,19-20H2,1H3/t24-,26+/m1/s1. The van der Waals surface area contributed by atoms with Crippen LogP contribution < -0.4 is 4.74 Å². The number of benzene rings is 2. The van der Waals surface area contributed by atoms with Gasteiger partial charge in [0.25, 0.3) is 11.8 Å². The number of fused-ring (bicyclic) bond motifs is 2. The number of carbonyl (C=O) groups excluding carboxylic acids is 2. The molecule has 34 heavy (non-hydrogen) atoms. The fourth-order valence-electron chi connectivity index (χ4n) is 5.13.